The Labute approximate surface area is 161 Å². The van der Waals surface area contributed by atoms with Gasteiger partial charge in [0.15, 0.2) is 11.5 Å². The molecule has 0 aromatic heterocycles. The van der Waals surface area contributed by atoms with Crippen LogP contribution in [0.4, 0.5) is 0 Å². The fraction of sp³-hybridized carbons (Fsp3) is 0.188. The molecule has 0 fully saturated rings. The van der Waals surface area contributed by atoms with Gasteiger partial charge in [-0.05, 0) is 30.3 Å². The van der Waals surface area contributed by atoms with Crippen molar-refractivity contribution < 1.29 is 22.6 Å². The number of benzene rings is 2. The van der Waals surface area contributed by atoms with Gasteiger partial charge in [-0.15, -0.1) is 0 Å². The van der Waals surface area contributed by atoms with E-state index in [0.717, 1.165) is 0 Å². The molecule has 140 valence electrons. The Balaban J connectivity index is 2.29. The Kier molecular flexibility index (Phi) is 6.57. The number of halogens is 2. The van der Waals surface area contributed by atoms with Crippen molar-refractivity contribution in [1.82, 2.24) is 4.83 Å². The van der Waals surface area contributed by atoms with E-state index >= 15 is 0 Å². The summed E-state index contributed by atoms with van der Waals surface area (Å²) in [6.45, 7) is 0. The topological polar surface area (TPSA) is 86.2 Å². The summed E-state index contributed by atoms with van der Waals surface area (Å²) in [4.78, 5) is 1.96. The van der Waals surface area contributed by atoms with Crippen LogP contribution in [0.3, 0.4) is 0 Å². The zero-order valence-corrected chi connectivity index (χ0v) is 16.4. The van der Waals surface area contributed by atoms with Crippen LogP contribution in [0.15, 0.2) is 40.3 Å². The van der Waals surface area contributed by atoms with Crippen LogP contribution in [-0.2, 0) is 10.0 Å². The van der Waals surface area contributed by atoms with Gasteiger partial charge in [-0.25, -0.2) is 0 Å². The van der Waals surface area contributed by atoms with Crippen LogP contribution in [0.25, 0.3) is 0 Å². The van der Waals surface area contributed by atoms with E-state index in [1.54, 1.807) is 12.1 Å². The predicted molar refractivity (Wildman–Crippen MR) is 100 cm³/mol. The molecule has 0 bridgehead atoms. The van der Waals surface area contributed by atoms with Crippen LogP contribution in [0.2, 0.25) is 10.0 Å². The van der Waals surface area contributed by atoms with E-state index in [0.29, 0.717) is 17.1 Å². The van der Waals surface area contributed by atoms with Gasteiger partial charge in [0.25, 0.3) is 10.0 Å². The van der Waals surface area contributed by atoms with Gasteiger partial charge >= 0.3 is 0 Å². The van der Waals surface area contributed by atoms with Crippen LogP contribution in [0.5, 0.6) is 17.2 Å². The standard InChI is InChI=1S/C16H16Cl2N2O5S/c1-23-12-7-5-11(17)8-14(12)26(21,22)20-19-9-10-4-6-13(24-2)16(25-3)15(10)18/h4-9,20H,1-3H3/b19-9+. The van der Waals surface area contributed by atoms with E-state index in [9.17, 15) is 8.42 Å². The van der Waals surface area contributed by atoms with E-state index in [-0.39, 0.29) is 20.7 Å². The Morgan fingerprint density at radius 1 is 1.00 bits per heavy atom. The Hall–Kier alpha value is -2.16. The molecule has 0 atom stereocenters. The molecule has 2 aromatic rings. The molecule has 0 aliphatic heterocycles. The zero-order valence-electron chi connectivity index (χ0n) is 14.1. The largest absolute Gasteiger partial charge is 0.495 e. The molecule has 0 heterocycles. The first-order valence-corrected chi connectivity index (χ1v) is 9.36. The average molecular weight is 419 g/mol. The monoisotopic (exact) mass is 418 g/mol. The third kappa shape index (κ3) is 4.32. The number of hydrazone groups is 1. The van der Waals surface area contributed by atoms with Crippen molar-refractivity contribution >= 4 is 39.4 Å². The summed E-state index contributed by atoms with van der Waals surface area (Å²) in [6, 6.07) is 7.47. The molecule has 0 aliphatic rings. The third-order valence-corrected chi connectivity index (χ3v) is 5.18. The Bertz CT molecular complexity index is 932. The maximum Gasteiger partial charge on any atom is 0.280 e. The summed E-state index contributed by atoms with van der Waals surface area (Å²) in [7, 11) is 0.287. The van der Waals surface area contributed by atoms with Crippen molar-refractivity contribution in [3.05, 3.63) is 45.9 Å². The highest BCUT2D eigenvalue weighted by Gasteiger charge is 2.19. The first kappa shape index (κ1) is 20.2. The van der Waals surface area contributed by atoms with Gasteiger partial charge in [-0.3, -0.25) is 0 Å². The average Bonchev–Trinajstić information content (AvgIpc) is 2.62. The lowest BCUT2D eigenvalue weighted by Gasteiger charge is -2.11. The number of ether oxygens (including phenoxy) is 3. The molecule has 0 aliphatic carbocycles. The highest BCUT2D eigenvalue weighted by molar-refractivity contribution is 7.89. The highest BCUT2D eigenvalue weighted by atomic mass is 35.5. The van der Waals surface area contributed by atoms with Crippen molar-refractivity contribution in [2.24, 2.45) is 5.10 Å². The van der Waals surface area contributed by atoms with Crippen molar-refractivity contribution in [2.45, 2.75) is 4.90 Å². The van der Waals surface area contributed by atoms with Crippen LogP contribution in [-0.4, -0.2) is 36.0 Å². The lowest BCUT2D eigenvalue weighted by Crippen LogP contribution is -2.19. The lowest BCUT2D eigenvalue weighted by atomic mass is 10.2. The zero-order chi connectivity index (χ0) is 19.3. The fourth-order valence-electron chi connectivity index (χ4n) is 2.08. The fourth-order valence-corrected chi connectivity index (χ4v) is 3.59. The highest BCUT2D eigenvalue weighted by Crippen LogP contribution is 2.36. The molecule has 0 saturated heterocycles. The summed E-state index contributed by atoms with van der Waals surface area (Å²) in [6.07, 6.45) is 1.25. The quantitative estimate of drug-likeness (QED) is 0.550. The summed E-state index contributed by atoms with van der Waals surface area (Å²) in [5.74, 6) is 0.901. The van der Waals surface area contributed by atoms with Crippen molar-refractivity contribution in [1.29, 1.82) is 0 Å². The second-order valence-electron chi connectivity index (χ2n) is 4.85. The van der Waals surface area contributed by atoms with Crippen molar-refractivity contribution in [2.75, 3.05) is 21.3 Å². The Morgan fingerprint density at radius 2 is 1.65 bits per heavy atom. The van der Waals surface area contributed by atoms with Crippen LogP contribution >= 0.6 is 23.2 Å². The molecule has 10 heteroatoms. The van der Waals surface area contributed by atoms with Gasteiger partial charge in [0.1, 0.15) is 10.6 Å². The molecule has 1 N–H and O–H groups in total. The first-order chi connectivity index (χ1) is 12.3. The van der Waals surface area contributed by atoms with Gasteiger partial charge < -0.3 is 14.2 Å². The summed E-state index contributed by atoms with van der Waals surface area (Å²) in [5, 5.41) is 4.22. The molecular formula is C16H16Cl2N2O5S. The number of sulfonamides is 1. The number of nitrogens with zero attached hydrogens (tertiary/aromatic N) is 1. The molecule has 0 saturated carbocycles. The molecule has 2 aromatic carbocycles. The van der Waals surface area contributed by atoms with E-state index in [4.69, 9.17) is 37.4 Å². The van der Waals surface area contributed by atoms with Crippen molar-refractivity contribution in [3.63, 3.8) is 0 Å². The molecule has 0 radical (unpaired) electrons. The van der Waals surface area contributed by atoms with Crippen LogP contribution < -0.4 is 19.0 Å². The van der Waals surface area contributed by atoms with Gasteiger partial charge in [-0.2, -0.15) is 18.4 Å². The first-order valence-electron chi connectivity index (χ1n) is 7.13. The van der Waals surface area contributed by atoms with Gasteiger partial charge in [0.2, 0.25) is 0 Å². The lowest BCUT2D eigenvalue weighted by molar-refractivity contribution is 0.355. The maximum absolute atomic E-state index is 12.4. The SMILES string of the molecule is COc1ccc(Cl)cc1S(=O)(=O)N/N=C/c1ccc(OC)c(OC)c1Cl. The molecule has 0 amide bonds. The molecule has 26 heavy (non-hydrogen) atoms. The maximum atomic E-state index is 12.4. The second kappa shape index (κ2) is 8.48. The molecular weight excluding hydrogens is 403 g/mol. The number of hydrogen-bond acceptors (Lipinski definition) is 6. The molecule has 0 spiro atoms. The minimum atomic E-state index is -3.99. The van der Waals surface area contributed by atoms with Gasteiger partial charge in [0.05, 0.1) is 32.6 Å². The second-order valence-corrected chi connectivity index (χ2v) is 7.30. The number of rotatable bonds is 7. The summed E-state index contributed by atoms with van der Waals surface area (Å²) < 4.78 is 40.2. The molecule has 7 nitrogen and oxygen atoms in total. The Morgan fingerprint density at radius 3 is 2.27 bits per heavy atom. The van der Waals surface area contributed by atoms with Crippen LogP contribution in [0.1, 0.15) is 5.56 Å². The van der Waals surface area contributed by atoms with E-state index in [2.05, 4.69) is 9.93 Å². The van der Waals surface area contributed by atoms with E-state index in [1.807, 2.05) is 0 Å². The summed E-state index contributed by atoms with van der Waals surface area (Å²) >= 11 is 12.1. The minimum absolute atomic E-state index is 0.136. The van der Waals surface area contributed by atoms with E-state index in [1.165, 1.54) is 45.7 Å². The van der Waals surface area contributed by atoms with E-state index < -0.39 is 10.0 Å². The van der Waals surface area contributed by atoms with Gasteiger partial charge in [-0.1, -0.05) is 23.2 Å². The number of nitrogens with one attached hydrogen (secondary N) is 1. The van der Waals surface area contributed by atoms with Crippen LogP contribution in [0, 0.1) is 0 Å². The summed E-state index contributed by atoms with van der Waals surface area (Å²) in [5.41, 5.74) is 0.435. The normalized spacial score (nSPS) is 11.4. The number of hydrogen-bond donors (Lipinski definition) is 1. The number of methoxy groups -OCH3 is 3. The smallest absolute Gasteiger partial charge is 0.280 e. The third-order valence-electron chi connectivity index (χ3n) is 3.31. The predicted octanol–water partition coefficient (Wildman–Crippen LogP) is 3.33. The molecule has 0 unspecified atom stereocenters. The molecule has 2 rings (SSSR count). The minimum Gasteiger partial charge on any atom is -0.495 e. The van der Waals surface area contributed by atoms with Crippen molar-refractivity contribution in [3.8, 4) is 17.2 Å². The van der Waals surface area contributed by atoms with Gasteiger partial charge in [0, 0.05) is 10.6 Å².